The molecule has 0 saturated heterocycles. The molecule has 0 aromatic heterocycles. The van der Waals surface area contributed by atoms with Crippen molar-refractivity contribution in [3.05, 3.63) is 23.8 Å². The summed E-state index contributed by atoms with van der Waals surface area (Å²) in [6.45, 7) is 9.30. The molecular formula is C13H18O2. The van der Waals surface area contributed by atoms with Crippen LogP contribution in [0.4, 0.5) is 0 Å². The number of fused-ring (bicyclic) bond motifs is 1. The third-order valence-electron chi connectivity index (χ3n) is 3.53. The Bertz CT molecular complexity index is 367. The Morgan fingerprint density at radius 1 is 1.20 bits per heavy atom. The summed E-state index contributed by atoms with van der Waals surface area (Å²) < 4.78 is 10.9. The van der Waals surface area contributed by atoms with Gasteiger partial charge in [-0.15, -0.1) is 0 Å². The summed E-state index contributed by atoms with van der Waals surface area (Å²) in [6, 6.07) is 6.13. The lowest BCUT2D eigenvalue weighted by atomic mass is 9.75. The zero-order valence-corrected chi connectivity index (χ0v) is 9.83. The number of ether oxygens (including phenoxy) is 2. The largest absolute Gasteiger partial charge is 0.454 e. The molecule has 0 radical (unpaired) electrons. The molecule has 0 N–H and O–H groups in total. The zero-order valence-electron chi connectivity index (χ0n) is 9.83. The summed E-state index contributed by atoms with van der Waals surface area (Å²) in [5.41, 5.74) is 1.35. The third-order valence-corrected chi connectivity index (χ3v) is 3.53. The number of rotatable bonds is 2. The van der Waals surface area contributed by atoms with Crippen LogP contribution in [-0.2, 0) is 5.41 Å². The summed E-state index contributed by atoms with van der Waals surface area (Å²) in [7, 11) is 0. The van der Waals surface area contributed by atoms with Crippen molar-refractivity contribution in [1.82, 2.24) is 0 Å². The van der Waals surface area contributed by atoms with Gasteiger partial charge in [0, 0.05) is 5.56 Å². The molecule has 1 heterocycles. The van der Waals surface area contributed by atoms with Crippen molar-refractivity contribution in [2.24, 2.45) is 5.92 Å². The minimum absolute atomic E-state index is 0.110. The Morgan fingerprint density at radius 3 is 2.60 bits per heavy atom. The van der Waals surface area contributed by atoms with Crippen molar-refractivity contribution in [3.63, 3.8) is 0 Å². The van der Waals surface area contributed by atoms with Gasteiger partial charge in [-0.05, 0) is 17.4 Å². The fourth-order valence-corrected chi connectivity index (χ4v) is 1.75. The Morgan fingerprint density at radius 2 is 1.93 bits per heavy atom. The Kier molecular flexibility index (Phi) is 2.37. The first kappa shape index (κ1) is 10.3. The molecule has 82 valence electrons. The zero-order chi connectivity index (χ0) is 11.1. The van der Waals surface area contributed by atoms with E-state index in [1.807, 2.05) is 12.1 Å². The first-order valence-corrected chi connectivity index (χ1v) is 5.42. The van der Waals surface area contributed by atoms with Gasteiger partial charge in [-0.3, -0.25) is 0 Å². The van der Waals surface area contributed by atoms with Gasteiger partial charge < -0.3 is 9.47 Å². The molecule has 0 saturated carbocycles. The second-order valence-electron chi connectivity index (χ2n) is 4.92. The topological polar surface area (TPSA) is 18.5 Å². The lowest BCUT2D eigenvalue weighted by Crippen LogP contribution is -2.24. The van der Waals surface area contributed by atoms with Crippen LogP contribution in [-0.4, -0.2) is 6.79 Å². The Balaban J connectivity index is 2.49. The molecule has 0 atom stereocenters. The molecule has 2 rings (SSSR count). The molecule has 1 aromatic rings. The van der Waals surface area contributed by atoms with Gasteiger partial charge in [-0.1, -0.05) is 39.8 Å². The number of para-hydroxylation sites is 1. The third kappa shape index (κ3) is 1.58. The minimum atomic E-state index is 0.110. The van der Waals surface area contributed by atoms with Gasteiger partial charge in [0.15, 0.2) is 11.5 Å². The number of benzene rings is 1. The molecular weight excluding hydrogens is 188 g/mol. The molecule has 1 aromatic carbocycles. The first-order valence-electron chi connectivity index (χ1n) is 5.42. The van der Waals surface area contributed by atoms with Gasteiger partial charge in [-0.25, -0.2) is 0 Å². The van der Waals surface area contributed by atoms with E-state index in [-0.39, 0.29) is 5.41 Å². The second-order valence-corrected chi connectivity index (χ2v) is 4.92. The van der Waals surface area contributed by atoms with Crippen LogP contribution in [0.25, 0.3) is 0 Å². The lowest BCUT2D eigenvalue weighted by Gasteiger charge is -2.30. The highest BCUT2D eigenvalue weighted by Gasteiger charge is 2.31. The summed E-state index contributed by atoms with van der Waals surface area (Å²) in [6.07, 6.45) is 0. The van der Waals surface area contributed by atoms with Crippen LogP contribution in [0, 0.1) is 5.92 Å². The van der Waals surface area contributed by atoms with Crippen LogP contribution in [0.2, 0.25) is 0 Å². The monoisotopic (exact) mass is 206 g/mol. The van der Waals surface area contributed by atoms with Crippen molar-refractivity contribution in [2.75, 3.05) is 6.79 Å². The van der Waals surface area contributed by atoms with Gasteiger partial charge in [0.05, 0.1) is 0 Å². The average molecular weight is 206 g/mol. The van der Waals surface area contributed by atoms with Crippen molar-refractivity contribution in [2.45, 2.75) is 33.1 Å². The maximum atomic E-state index is 5.54. The van der Waals surface area contributed by atoms with Crippen LogP contribution in [0.1, 0.15) is 33.3 Å². The van der Waals surface area contributed by atoms with E-state index < -0.39 is 0 Å². The van der Waals surface area contributed by atoms with Crippen molar-refractivity contribution in [3.8, 4) is 11.5 Å². The highest BCUT2D eigenvalue weighted by atomic mass is 16.7. The molecule has 0 spiro atoms. The van der Waals surface area contributed by atoms with Crippen molar-refractivity contribution in [1.29, 1.82) is 0 Å². The molecule has 0 unspecified atom stereocenters. The molecule has 0 fully saturated rings. The van der Waals surface area contributed by atoms with Gasteiger partial charge in [0.25, 0.3) is 0 Å². The van der Waals surface area contributed by atoms with Gasteiger partial charge in [0.2, 0.25) is 6.79 Å². The van der Waals surface area contributed by atoms with E-state index in [0.717, 1.165) is 11.5 Å². The normalized spacial score (nSPS) is 14.7. The van der Waals surface area contributed by atoms with E-state index in [4.69, 9.17) is 9.47 Å². The number of hydrogen-bond donors (Lipinski definition) is 0. The smallest absolute Gasteiger partial charge is 0.231 e. The predicted molar refractivity (Wildman–Crippen MR) is 60.4 cm³/mol. The molecule has 0 aliphatic carbocycles. The summed E-state index contributed by atoms with van der Waals surface area (Å²) in [4.78, 5) is 0. The van der Waals surface area contributed by atoms with Gasteiger partial charge >= 0.3 is 0 Å². The lowest BCUT2D eigenvalue weighted by molar-refractivity contribution is 0.171. The Hall–Kier alpha value is -1.18. The quantitative estimate of drug-likeness (QED) is 0.738. The summed E-state index contributed by atoms with van der Waals surface area (Å²) >= 11 is 0. The van der Waals surface area contributed by atoms with Crippen LogP contribution < -0.4 is 9.47 Å². The van der Waals surface area contributed by atoms with Gasteiger partial charge in [-0.2, -0.15) is 0 Å². The van der Waals surface area contributed by atoms with Crippen LogP contribution in [0.5, 0.6) is 11.5 Å². The van der Waals surface area contributed by atoms with E-state index in [9.17, 15) is 0 Å². The fourth-order valence-electron chi connectivity index (χ4n) is 1.75. The van der Waals surface area contributed by atoms with E-state index >= 15 is 0 Å². The maximum absolute atomic E-state index is 5.54. The second kappa shape index (κ2) is 3.44. The van der Waals surface area contributed by atoms with E-state index in [2.05, 4.69) is 33.8 Å². The summed E-state index contributed by atoms with van der Waals surface area (Å²) in [5.74, 6) is 2.37. The average Bonchev–Trinajstić information content (AvgIpc) is 2.64. The van der Waals surface area contributed by atoms with Crippen LogP contribution in [0.3, 0.4) is 0 Å². The van der Waals surface area contributed by atoms with Crippen molar-refractivity contribution < 1.29 is 9.47 Å². The fraction of sp³-hybridized carbons (Fsp3) is 0.538. The van der Waals surface area contributed by atoms with E-state index in [1.165, 1.54) is 5.56 Å². The molecule has 2 nitrogen and oxygen atoms in total. The highest BCUT2D eigenvalue weighted by Crippen LogP contribution is 2.44. The SMILES string of the molecule is CC(C)C(C)(C)c1cccc2c1OCO2. The van der Waals surface area contributed by atoms with Crippen molar-refractivity contribution >= 4 is 0 Å². The number of hydrogen-bond acceptors (Lipinski definition) is 2. The molecule has 0 bridgehead atoms. The molecule has 2 heteroatoms. The molecule has 1 aliphatic heterocycles. The molecule has 0 amide bonds. The maximum Gasteiger partial charge on any atom is 0.231 e. The predicted octanol–water partition coefficient (Wildman–Crippen LogP) is 3.35. The van der Waals surface area contributed by atoms with Crippen LogP contribution >= 0.6 is 0 Å². The van der Waals surface area contributed by atoms with Crippen LogP contribution in [0.15, 0.2) is 18.2 Å². The minimum Gasteiger partial charge on any atom is -0.454 e. The highest BCUT2D eigenvalue weighted by molar-refractivity contribution is 5.51. The standard InChI is InChI=1S/C13H18O2/c1-9(2)13(3,4)10-6-5-7-11-12(10)15-8-14-11/h5-7,9H,8H2,1-4H3. The van der Waals surface area contributed by atoms with E-state index in [1.54, 1.807) is 0 Å². The molecule has 1 aliphatic rings. The Labute approximate surface area is 91.2 Å². The summed E-state index contributed by atoms with van der Waals surface area (Å²) in [5, 5.41) is 0. The molecule has 15 heavy (non-hydrogen) atoms. The first-order chi connectivity index (χ1) is 7.03. The van der Waals surface area contributed by atoms with E-state index in [0.29, 0.717) is 12.7 Å². The van der Waals surface area contributed by atoms with Gasteiger partial charge in [0.1, 0.15) is 0 Å².